The molecule has 0 saturated carbocycles. The van der Waals surface area contributed by atoms with E-state index >= 15 is 0 Å². The molecule has 1 aromatic carbocycles. The number of hydrogen-bond acceptors (Lipinski definition) is 3. The van der Waals surface area contributed by atoms with Gasteiger partial charge in [-0.1, -0.05) is 30.3 Å². The summed E-state index contributed by atoms with van der Waals surface area (Å²) in [5.74, 6) is -1.44. The van der Waals surface area contributed by atoms with Crippen LogP contribution in [-0.4, -0.2) is 41.1 Å². The molecule has 1 aromatic rings. The summed E-state index contributed by atoms with van der Waals surface area (Å²) < 4.78 is 5.44. The lowest BCUT2D eigenvalue weighted by atomic mass is 9.90. The van der Waals surface area contributed by atoms with Gasteiger partial charge in [-0.2, -0.15) is 0 Å². The highest BCUT2D eigenvalue weighted by atomic mass is 16.5. The van der Waals surface area contributed by atoms with Gasteiger partial charge in [-0.3, -0.25) is 9.59 Å². The van der Waals surface area contributed by atoms with Crippen molar-refractivity contribution in [3.05, 3.63) is 35.9 Å². The minimum atomic E-state index is -0.829. The summed E-state index contributed by atoms with van der Waals surface area (Å²) in [6.07, 6.45) is 1.36. The smallest absolute Gasteiger partial charge is 0.308 e. The third-order valence-corrected chi connectivity index (χ3v) is 3.96. The van der Waals surface area contributed by atoms with E-state index in [2.05, 4.69) is 0 Å². The lowest BCUT2D eigenvalue weighted by Gasteiger charge is -2.37. The molecule has 0 spiro atoms. The minimum absolute atomic E-state index is 0.00836. The molecular weight excluding hydrogens is 270 g/mol. The Labute approximate surface area is 124 Å². The van der Waals surface area contributed by atoms with Crippen molar-refractivity contribution >= 4 is 11.9 Å². The molecular formula is C16H21NO4. The van der Waals surface area contributed by atoms with Gasteiger partial charge in [0.2, 0.25) is 5.91 Å². The third kappa shape index (κ3) is 4.04. The van der Waals surface area contributed by atoms with Gasteiger partial charge in [0, 0.05) is 12.6 Å². The van der Waals surface area contributed by atoms with Crippen LogP contribution in [0.1, 0.15) is 25.3 Å². The Bertz CT molecular complexity index is 488. The van der Waals surface area contributed by atoms with Crippen molar-refractivity contribution in [2.45, 2.75) is 32.4 Å². The van der Waals surface area contributed by atoms with Gasteiger partial charge < -0.3 is 14.7 Å². The maximum absolute atomic E-state index is 12.2. The van der Waals surface area contributed by atoms with E-state index in [0.29, 0.717) is 19.6 Å². The maximum Gasteiger partial charge on any atom is 0.308 e. The minimum Gasteiger partial charge on any atom is -0.481 e. The van der Waals surface area contributed by atoms with E-state index in [9.17, 15) is 9.59 Å². The average molecular weight is 291 g/mol. The Kier molecular flexibility index (Phi) is 5.33. The first-order valence-corrected chi connectivity index (χ1v) is 7.23. The molecule has 2 atom stereocenters. The SMILES string of the molecule is C[C@@H]1[C@H](C(=O)O)CCCN1C(=O)COCc1ccccc1. The molecule has 0 aromatic heterocycles. The first-order valence-electron chi connectivity index (χ1n) is 7.23. The fourth-order valence-corrected chi connectivity index (χ4v) is 2.74. The molecule has 1 amide bonds. The molecule has 0 unspecified atom stereocenters. The van der Waals surface area contributed by atoms with Crippen LogP contribution in [0.2, 0.25) is 0 Å². The number of amides is 1. The van der Waals surface area contributed by atoms with E-state index in [1.807, 2.05) is 30.3 Å². The highest BCUT2D eigenvalue weighted by Gasteiger charge is 2.35. The summed E-state index contributed by atoms with van der Waals surface area (Å²) in [4.78, 5) is 25.0. The van der Waals surface area contributed by atoms with Crippen molar-refractivity contribution in [3.8, 4) is 0 Å². The van der Waals surface area contributed by atoms with E-state index in [-0.39, 0.29) is 18.6 Å². The fraction of sp³-hybridized carbons (Fsp3) is 0.500. The highest BCUT2D eigenvalue weighted by Crippen LogP contribution is 2.23. The number of carboxylic acids is 1. The Morgan fingerprint density at radius 3 is 2.71 bits per heavy atom. The van der Waals surface area contributed by atoms with Gasteiger partial charge in [0.25, 0.3) is 0 Å². The number of carbonyl (C=O) groups is 2. The Balaban J connectivity index is 1.83. The summed E-state index contributed by atoms with van der Waals surface area (Å²) in [5.41, 5.74) is 1.01. The van der Waals surface area contributed by atoms with E-state index in [0.717, 1.165) is 12.0 Å². The number of carboxylic acid groups (broad SMARTS) is 1. The number of rotatable bonds is 5. The standard InChI is InChI=1S/C16H21NO4/c1-12-14(16(19)20)8-5-9-17(12)15(18)11-21-10-13-6-3-2-4-7-13/h2-4,6-7,12,14H,5,8-11H2,1H3,(H,19,20)/t12-,14-/m1/s1. The van der Waals surface area contributed by atoms with Crippen molar-refractivity contribution in [1.29, 1.82) is 0 Å². The van der Waals surface area contributed by atoms with Gasteiger partial charge in [-0.25, -0.2) is 0 Å². The second-order valence-electron chi connectivity index (χ2n) is 5.39. The number of benzene rings is 1. The Hall–Kier alpha value is -1.88. The van der Waals surface area contributed by atoms with Crippen LogP contribution >= 0.6 is 0 Å². The largest absolute Gasteiger partial charge is 0.481 e. The molecule has 1 fully saturated rings. The molecule has 1 N–H and O–H groups in total. The van der Waals surface area contributed by atoms with Crippen molar-refractivity contribution in [2.75, 3.05) is 13.2 Å². The molecule has 5 heteroatoms. The molecule has 1 aliphatic heterocycles. The van der Waals surface area contributed by atoms with Crippen LogP contribution in [-0.2, 0) is 20.9 Å². The molecule has 0 bridgehead atoms. The average Bonchev–Trinajstić information content (AvgIpc) is 2.48. The van der Waals surface area contributed by atoms with Crippen LogP contribution in [0, 0.1) is 5.92 Å². The van der Waals surface area contributed by atoms with Gasteiger partial charge in [0.05, 0.1) is 12.5 Å². The molecule has 1 aliphatic rings. The predicted molar refractivity (Wildman–Crippen MR) is 77.6 cm³/mol. The van der Waals surface area contributed by atoms with Crippen molar-refractivity contribution in [1.82, 2.24) is 4.90 Å². The molecule has 1 heterocycles. The van der Waals surface area contributed by atoms with Crippen LogP contribution in [0.3, 0.4) is 0 Å². The Morgan fingerprint density at radius 1 is 1.33 bits per heavy atom. The van der Waals surface area contributed by atoms with E-state index in [1.165, 1.54) is 0 Å². The molecule has 2 rings (SSSR count). The number of piperidine rings is 1. The molecule has 5 nitrogen and oxygen atoms in total. The quantitative estimate of drug-likeness (QED) is 0.900. The van der Waals surface area contributed by atoms with E-state index in [4.69, 9.17) is 9.84 Å². The zero-order valence-corrected chi connectivity index (χ0v) is 12.2. The van der Waals surface area contributed by atoms with Gasteiger partial charge >= 0.3 is 5.97 Å². The zero-order chi connectivity index (χ0) is 15.2. The van der Waals surface area contributed by atoms with Gasteiger partial charge in [-0.05, 0) is 25.3 Å². The van der Waals surface area contributed by atoms with Crippen LogP contribution in [0.5, 0.6) is 0 Å². The predicted octanol–water partition coefficient (Wildman–Crippen LogP) is 1.91. The van der Waals surface area contributed by atoms with E-state index < -0.39 is 11.9 Å². The first kappa shape index (κ1) is 15.5. The normalized spacial score (nSPS) is 22.0. The van der Waals surface area contributed by atoms with Crippen LogP contribution < -0.4 is 0 Å². The summed E-state index contributed by atoms with van der Waals surface area (Å²) in [6.45, 7) is 2.79. The van der Waals surface area contributed by atoms with Crippen molar-refractivity contribution in [3.63, 3.8) is 0 Å². The van der Waals surface area contributed by atoms with Crippen LogP contribution in [0.4, 0.5) is 0 Å². The molecule has 0 radical (unpaired) electrons. The summed E-state index contributed by atoms with van der Waals surface area (Å²) >= 11 is 0. The fourth-order valence-electron chi connectivity index (χ4n) is 2.74. The Morgan fingerprint density at radius 2 is 2.05 bits per heavy atom. The van der Waals surface area contributed by atoms with Crippen molar-refractivity contribution in [2.24, 2.45) is 5.92 Å². The van der Waals surface area contributed by atoms with Gasteiger partial charge in [-0.15, -0.1) is 0 Å². The first-order chi connectivity index (χ1) is 10.1. The number of hydrogen-bond donors (Lipinski definition) is 1. The number of likely N-dealkylation sites (tertiary alicyclic amines) is 1. The lowest BCUT2D eigenvalue weighted by Crippen LogP contribution is -2.50. The third-order valence-electron chi connectivity index (χ3n) is 3.96. The number of ether oxygens (including phenoxy) is 1. The van der Waals surface area contributed by atoms with Gasteiger partial charge in [0.15, 0.2) is 0 Å². The molecule has 21 heavy (non-hydrogen) atoms. The van der Waals surface area contributed by atoms with Crippen LogP contribution in [0.15, 0.2) is 30.3 Å². The monoisotopic (exact) mass is 291 g/mol. The maximum atomic E-state index is 12.2. The number of aliphatic carboxylic acids is 1. The summed E-state index contributed by atoms with van der Waals surface area (Å²) in [6, 6.07) is 9.37. The van der Waals surface area contributed by atoms with E-state index in [1.54, 1.807) is 11.8 Å². The highest BCUT2D eigenvalue weighted by molar-refractivity contribution is 5.79. The molecule has 114 valence electrons. The zero-order valence-electron chi connectivity index (χ0n) is 12.2. The van der Waals surface area contributed by atoms with Crippen molar-refractivity contribution < 1.29 is 19.4 Å². The second-order valence-corrected chi connectivity index (χ2v) is 5.39. The summed E-state index contributed by atoms with van der Waals surface area (Å²) in [5, 5.41) is 9.16. The molecule has 0 aliphatic carbocycles. The lowest BCUT2D eigenvalue weighted by molar-refractivity contribution is -0.150. The number of nitrogens with zero attached hydrogens (tertiary/aromatic N) is 1. The van der Waals surface area contributed by atoms with Crippen LogP contribution in [0.25, 0.3) is 0 Å². The summed E-state index contributed by atoms with van der Waals surface area (Å²) in [7, 11) is 0. The second kappa shape index (κ2) is 7.22. The van der Waals surface area contributed by atoms with Gasteiger partial charge in [0.1, 0.15) is 6.61 Å². The topological polar surface area (TPSA) is 66.8 Å². The number of carbonyl (C=O) groups excluding carboxylic acids is 1. The molecule has 1 saturated heterocycles.